The average molecular weight is 285 g/mol. The largest absolute Gasteiger partial charge is 0.448 e. The highest BCUT2D eigenvalue weighted by molar-refractivity contribution is 7.99. The second-order valence-corrected chi connectivity index (χ2v) is 6.17. The van der Waals surface area contributed by atoms with Gasteiger partial charge in [-0.15, -0.1) is 11.8 Å². The summed E-state index contributed by atoms with van der Waals surface area (Å²) in [7, 11) is 0. The standard InChI is InChI=1S/C12H19N3O3S/c16-11(10-7-19-8-13-10)14-3-1-9(2-4-14)15-5-6-18-12(15)17/h9-10,13H,1-8H2. The Morgan fingerprint density at radius 3 is 2.68 bits per heavy atom. The number of rotatable bonds is 2. The van der Waals surface area contributed by atoms with E-state index in [0.717, 1.165) is 37.6 Å². The molecule has 2 amide bonds. The third kappa shape index (κ3) is 2.67. The van der Waals surface area contributed by atoms with Crippen LogP contribution in [0.3, 0.4) is 0 Å². The van der Waals surface area contributed by atoms with Crippen LogP contribution in [-0.4, -0.2) is 71.8 Å². The fourth-order valence-corrected chi connectivity index (χ4v) is 3.84. The lowest BCUT2D eigenvalue weighted by Gasteiger charge is -2.36. The van der Waals surface area contributed by atoms with E-state index >= 15 is 0 Å². The van der Waals surface area contributed by atoms with E-state index in [9.17, 15) is 9.59 Å². The molecule has 3 aliphatic heterocycles. The van der Waals surface area contributed by atoms with Crippen LogP contribution in [0.2, 0.25) is 0 Å². The monoisotopic (exact) mass is 285 g/mol. The van der Waals surface area contributed by atoms with Gasteiger partial charge in [-0.1, -0.05) is 0 Å². The maximum atomic E-state index is 12.2. The van der Waals surface area contributed by atoms with Crippen molar-refractivity contribution in [3.8, 4) is 0 Å². The SMILES string of the molecule is O=C(C1CSCN1)N1CCC(N2CCOC2=O)CC1. The molecule has 0 aliphatic carbocycles. The number of amides is 2. The van der Waals surface area contributed by atoms with Gasteiger partial charge in [-0.05, 0) is 12.8 Å². The fourth-order valence-electron chi connectivity index (χ4n) is 2.91. The van der Waals surface area contributed by atoms with Gasteiger partial charge in [-0.3, -0.25) is 10.1 Å². The van der Waals surface area contributed by atoms with Crippen LogP contribution in [-0.2, 0) is 9.53 Å². The fraction of sp³-hybridized carbons (Fsp3) is 0.833. The van der Waals surface area contributed by atoms with Gasteiger partial charge >= 0.3 is 6.09 Å². The molecule has 7 heteroatoms. The number of piperidine rings is 1. The van der Waals surface area contributed by atoms with Crippen LogP contribution < -0.4 is 5.32 Å². The van der Waals surface area contributed by atoms with Crippen LogP contribution in [0.5, 0.6) is 0 Å². The van der Waals surface area contributed by atoms with Gasteiger partial charge in [0.1, 0.15) is 6.61 Å². The van der Waals surface area contributed by atoms with Crippen molar-refractivity contribution in [3.63, 3.8) is 0 Å². The summed E-state index contributed by atoms with van der Waals surface area (Å²) in [6, 6.07) is 0.225. The van der Waals surface area contributed by atoms with Crippen molar-refractivity contribution in [1.29, 1.82) is 0 Å². The van der Waals surface area contributed by atoms with Gasteiger partial charge in [-0.25, -0.2) is 4.79 Å². The summed E-state index contributed by atoms with van der Waals surface area (Å²) in [5.41, 5.74) is 0. The minimum atomic E-state index is -0.196. The summed E-state index contributed by atoms with van der Waals surface area (Å²) >= 11 is 1.77. The smallest absolute Gasteiger partial charge is 0.410 e. The van der Waals surface area contributed by atoms with Crippen molar-refractivity contribution in [1.82, 2.24) is 15.1 Å². The summed E-state index contributed by atoms with van der Waals surface area (Å²) in [5, 5.41) is 3.21. The lowest BCUT2D eigenvalue weighted by molar-refractivity contribution is -0.134. The third-order valence-corrected chi connectivity index (χ3v) is 4.96. The molecule has 6 nitrogen and oxygen atoms in total. The average Bonchev–Trinajstić information content (AvgIpc) is 3.09. The number of ether oxygens (including phenoxy) is 1. The molecule has 1 N–H and O–H groups in total. The summed E-state index contributed by atoms with van der Waals surface area (Å²) in [5.74, 6) is 1.96. The first-order valence-electron chi connectivity index (χ1n) is 6.79. The second-order valence-electron chi connectivity index (χ2n) is 5.14. The van der Waals surface area contributed by atoms with Crippen molar-refractivity contribution in [2.75, 3.05) is 37.9 Å². The van der Waals surface area contributed by atoms with Crippen molar-refractivity contribution in [2.45, 2.75) is 24.9 Å². The number of carbonyl (C=O) groups is 2. The number of thioether (sulfide) groups is 1. The van der Waals surface area contributed by atoms with E-state index in [0.29, 0.717) is 13.2 Å². The van der Waals surface area contributed by atoms with Crippen LogP contribution in [0.25, 0.3) is 0 Å². The van der Waals surface area contributed by atoms with Gasteiger partial charge in [0.25, 0.3) is 0 Å². The predicted molar refractivity (Wildman–Crippen MR) is 71.9 cm³/mol. The van der Waals surface area contributed by atoms with Crippen LogP contribution >= 0.6 is 11.8 Å². The highest BCUT2D eigenvalue weighted by Gasteiger charge is 2.35. The first-order chi connectivity index (χ1) is 9.25. The summed E-state index contributed by atoms with van der Waals surface area (Å²) in [6.45, 7) is 2.69. The van der Waals surface area contributed by atoms with E-state index in [-0.39, 0.29) is 24.1 Å². The highest BCUT2D eigenvalue weighted by atomic mass is 32.2. The minimum absolute atomic E-state index is 0.0155. The molecule has 3 heterocycles. The number of likely N-dealkylation sites (tertiary alicyclic amines) is 1. The number of nitrogens with zero attached hydrogens (tertiary/aromatic N) is 2. The minimum Gasteiger partial charge on any atom is -0.448 e. The van der Waals surface area contributed by atoms with Crippen LogP contribution in [0.15, 0.2) is 0 Å². The van der Waals surface area contributed by atoms with E-state index in [1.165, 1.54) is 0 Å². The van der Waals surface area contributed by atoms with Crippen molar-refractivity contribution < 1.29 is 14.3 Å². The van der Waals surface area contributed by atoms with Crippen LogP contribution in [0, 0.1) is 0 Å². The summed E-state index contributed by atoms with van der Waals surface area (Å²) < 4.78 is 4.97. The molecule has 0 bridgehead atoms. The second kappa shape index (κ2) is 5.58. The van der Waals surface area contributed by atoms with E-state index in [1.54, 1.807) is 11.8 Å². The van der Waals surface area contributed by atoms with Gasteiger partial charge in [0.2, 0.25) is 5.91 Å². The van der Waals surface area contributed by atoms with Gasteiger partial charge in [0.15, 0.2) is 0 Å². The summed E-state index contributed by atoms with van der Waals surface area (Å²) in [4.78, 5) is 27.5. The van der Waals surface area contributed by atoms with E-state index in [4.69, 9.17) is 4.74 Å². The van der Waals surface area contributed by atoms with Crippen molar-refractivity contribution in [2.24, 2.45) is 0 Å². The molecule has 19 heavy (non-hydrogen) atoms. The topological polar surface area (TPSA) is 61.9 Å². The molecule has 106 valence electrons. The Kier molecular flexibility index (Phi) is 3.83. The highest BCUT2D eigenvalue weighted by Crippen LogP contribution is 2.21. The third-order valence-electron chi connectivity index (χ3n) is 4.02. The molecule has 0 spiro atoms. The van der Waals surface area contributed by atoms with Crippen LogP contribution in [0.1, 0.15) is 12.8 Å². The molecule has 3 fully saturated rings. The van der Waals surface area contributed by atoms with Gasteiger partial charge in [0, 0.05) is 30.8 Å². The number of cyclic esters (lactones) is 1. The zero-order valence-electron chi connectivity index (χ0n) is 10.8. The molecule has 1 unspecified atom stereocenters. The Balaban J connectivity index is 1.51. The van der Waals surface area contributed by atoms with Crippen LogP contribution in [0.4, 0.5) is 4.79 Å². The summed E-state index contributed by atoms with van der Waals surface area (Å²) in [6.07, 6.45) is 1.53. The normalized spacial score (nSPS) is 28.8. The molecular weight excluding hydrogens is 266 g/mol. The van der Waals surface area contributed by atoms with Crippen molar-refractivity contribution >= 4 is 23.8 Å². The molecule has 0 radical (unpaired) electrons. The van der Waals surface area contributed by atoms with Gasteiger partial charge in [-0.2, -0.15) is 0 Å². The molecular formula is C12H19N3O3S. The maximum absolute atomic E-state index is 12.2. The number of carbonyl (C=O) groups excluding carboxylic acids is 2. The Bertz CT molecular complexity index is 365. The first-order valence-corrected chi connectivity index (χ1v) is 7.94. The molecule has 0 aromatic rings. The molecule has 0 aromatic heterocycles. The lowest BCUT2D eigenvalue weighted by atomic mass is 10.0. The number of hydrogen-bond donors (Lipinski definition) is 1. The van der Waals surface area contributed by atoms with E-state index in [1.807, 2.05) is 9.80 Å². The molecule has 1 atom stereocenters. The Hall–Kier alpha value is -0.950. The Labute approximate surface area is 116 Å². The zero-order valence-corrected chi connectivity index (χ0v) is 11.7. The lowest BCUT2D eigenvalue weighted by Crippen LogP contribution is -2.51. The van der Waals surface area contributed by atoms with E-state index in [2.05, 4.69) is 5.32 Å². The molecule has 3 saturated heterocycles. The number of nitrogens with one attached hydrogen (secondary N) is 1. The number of hydrogen-bond acceptors (Lipinski definition) is 5. The van der Waals surface area contributed by atoms with Crippen molar-refractivity contribution in [3.05, 3.63) is 0 Å². The zero-order chi connectivity index (χ0) is 13.2. The predicted octanol–water partition coefficient (Wildman–Crippen LogP) is 0.0921. The van der Waals surface area contributed by atoms with E-state index < -0.39 is 0 Å². The maximum Gasteiger partial charge on any atom is 0.410 e. The Morgan fingerprint density at radius 1 is 1.32 bits per heavy atom. The Morgan fingerprint density at radius 2 is 2.11 bits per heavy atom. The quantitative estimate of drug-likeness (QED) is 0.779. The molecule has 3 rings (SSSR count). The molecule has 3 aliphatic rings. The molecule has 0 saturated carbocycles. The first kappa shape index (κ1) is 13.1. The van der Waals surface area contributed by atoms with Gasteiger partial charge < -0.3 is 14.5 Å². The van der Waals surface area contributed by atoms with Gasteiger partial charge in [0.05, 0.1) is 12.6 Å². The molecule has 0 aromatic carbocycles.